The number of nitrogens with one attached hydrogen (secondary N) is 1. The lowest BCUT2D eigenvalue weighted by Gasteiger charge is -2.59. The van der Waals surface area contributed by atoms with Crippen molar-refractivity contribution in [1.29, 1.82) is 0 Å². The number of halogens is 3. The molecular formula is C24H22Cl2FN7O3S. The molecule has 3 aromatic heterocycles. The summed E-state index contributed by atoms with van der Waals surface area (Å²) < 4.78 is 45.6. The van der Waals surface area contributed by atoms with Crippen LogP contribution in [-0.2, 0) is 10.0 Å². The van der Waals surface area contributed by atoms with E-state index in [2.05, 4.69) is 30.3 Å². The Labute approximate surface area is 227 Å². The second-order valence-corrected chi connectivity index (χ2v) is 12.6. The summed E-state index contributed by atoms with van der Waals surface area (Å²) in [5, 5.41) is 15.7. The molecule has 1 aromatic carbocycles. The highest BCUT2D eigenvalue weighted by Gasteiger charge is 2.54. The minimum absolute atomic E-state index is 0.00990. The van der Waals surface area contributed by atoms with Crippen LogP contribution < -0.4 is 9.64 Å². The van der Waals surface area contributed by atoms with Gasteiger partial charge in [-0.3, -0.25) is 5.10 Å². The van der Waals surface area contributed by atoms with Gasteiger partial charge in [0.25, 0.3) is 0 Å². The number of aromatic nitrogens is 5. The molecular weight excluding hydrogens is 556 g/mol. The van der Waals surface area contributed by atoms with Gasteiger partial charge in [-0.25, -0.2) is 22.1 Å². The average Bonchev–Trinajstić information content (AvgIpc) is 3.19. The molecule has 1 spiro atoms. The van der Waals surface area contributed by atoms with Gasteiger partial charge in [0, 0.05) is 54.8 Å². The fourth-order valence-electron chi connectivity index (χ4n) is 5.07. The molecule has 0 amide bonds. The van der Waals surface area contributed by atoms with Crippen LogP contribution in [0.2, 0.25) is 10.2 Å². The van der Waals surface area contributed by atoms with Gasteiger partial charge in [-0.1, -0.05) is 23.2 Å². The molecule has 2 aliphatic heterocycles. The minimum atomic E-state index is -3.14. The molecule has 2 fully saturated rings. The fourth-order valence-corrected chi connectivity index (χ4v) is 6.72. The van der Waals surface area contributed by atoms with E-state index < -0.39 is 21.9 Å². The summed E-state index contributed by atoms with van der Waals surface area (Å²) in [5.74, 6) is 0.246. The van der Waals surface area contributed by atoms with Crippen molar-refractivity contribution in [3.63, 3.8) is 0 Å². The highest BCUT2D eigenvalue weighted by Crippen LogP contribution is 2.42. The average molecular weight is 578 g/mol. The summed E-state index contributed by atoms with van der Waals surface area (Å²) in [5.41, 5.74) is 2.28. The van der Waals surface area contributed by atoms with Gasteiger partial charge < -0.3 is 9.64 Å². The maximum atomic E-state index is 14.9. The zero-order chi connectivity index (χ0) is 26.8. The summed E-state index contributed by atoms with van der Waals surface area (Å²) in [7, 11) is -3.14. The van der Waals surface area contributed by atoms with Crippen LogP contribution >= 0.6 is 23.2 Å². The Kier molecular flexibility index (Phi) is 5.98. The van der Waals surface area contributed by atoms with E-state index in [0.29, 0.717) is 35.2 Å². The van der Waals surface area contributed by atoms with E-state index in [4.69, 9.17) is 27.9 Å². The summed E-state index contributed by atoms with van der Waals surface area (Å²) >= 11 is 12.3. The summed E-state index contributed by atoms with van der Waals surface area (Å²) in [4.78, 5) is 6.72. The molecule has 2 saturated heterocycles. The third-order valence-corrected chi connectivity index (χ3v) is 8.79. The van der Waals surface area contributed by atoms with Crippen molar-refractivity contribution in [2.45, 2.75) is 13.0 Å². The molecule has 1 unspecified atom stereocenters. The van der Waals surface area contributed by atoms with E-state index in [0.717, 1.165) is 24.5 Å². The highest BCUT2D eigenvalue weighted by molar-refractivity contribution is 7.88. The zero-order valence-corrected chi connectivity index (χ0v) is 22.6. The van der Waals surface area contributed by atoms with Gasteiger partial charge in [0.1, 0.15) is 17.6 Å². The molecule has 5 heterocycles. The molecule has 10 nitrogen and oxygen atoms in total. The number of nitrogens with zero attached hydrogens (tertiary/aromatic N) is 6. The highest BCUT2D eigenvalue weighted by atomic mass is 35.5. The van der Waals surface area contributed by atoms with Crippen LogP contribution in [0.5, 0.6) is 5.75 Å². The maximum Gasteiger partial charge on any atom is 0.211 e. The quantitative estimate of drug-likeness (QED) is 0.364. The largest absolute Gasteiger partial charge is 0.483 e. The SMILES string of the molecule is CC(Oc1cc2c(-c3ccc(N4CC5(C4)CN(S(C)(=O)=O)C5)nc3)n[nH]c2cc1F)c1c(Cl)cnnc1Cl. The fraction of sp³-hybridized carbons (Fsp3) is 0.333. The first kappa shape index (κ1) is 25.2. The lowest BCUT2D eigenvalue weighted by Crippen LogP contribution is -2.73. The van der Waals surface area contributed by atoms with Crippen molar-refractivity contribution < 1.29 is 17.5 Å². The van der Waals surface area contributed by atoms with Gasteiger partial charge >= 0.3 is 0 Å². The standard InChI is InChI=1S/C24H22Cl2FN7O3S/c1-13(21-16(25)8-29-32-23(21)26)37-19-5-15-18(6-17(19)27)30-31-22(15)14-3-4-20(28-7-14)33-9-24(10-33)11-34(12-24)38(2,35)36/h3-8,13H,9-12H2,1-2H3,(H,30,31). The van der Waals surface area contributed by atoms with Gasteiger partial charge in [0.05, 0.1) is 28.6 Å². The van der Waals surface area contributed by atoms with Crippen LogP contribution in [0.25, 0.3) is 22.2 Å². The second-order valence-electron chi connectivity index (χ2n) is 9.85. The van der Waals surface area contributed by atoms with Crippen LogP contribution in [0.4, 0.5) is 10.2 Å². The topological polar surface area (TPSA) is 117 Å². The number of rotatable bonds is 6. The van der Waals surface area contributed by atoms with E-state index in [1.165, 1.54) is 22.8 Å². The van der Waals surface area contributed by atoms with Crippen molar-refractivity contribution in [3.05, 3.63) is 58.2 Å². The first-order valence-electron chi connectivity index (χ1n) is 11.7. The number of ether oxygens (including phenoxy) is 1. The number of anilines is 1. The Hall–Kier alpha value is -3.06. The van der Waals surface area contributed by atoms with Crippen LogP contribution in [0.1, 0.15) is 18.6 Å². The predicted octanol–water partition coefficient (Wildman–Crippen LogP) is 4.08. The molecule has 2 aliphatic rings. The molecule has 38 heavy (non-hydrogen) atoms. The van der Waals surface area contributed by atoms with Crippen molar-refractivity contribution in [1.82, 2.24) is 29.7 Å². The third kappa shape index (κ3) is 4.35. The summed E-state index contributed by atoms with van der Waals surface area (Å²) in [6, 6.07) is 6.70. The van der Waals surface area contributed by atoms with Gasteiger partial charge in [-0.2, -0.15) is 10.2 Å². The number of pyridine rings is 1. The van der Waals surface area contributed by atoms with E-state index in [1.807, 2.05) is 12.1 Å². The molecule has 0 aliphatic carbocycles. The Bertz CT molecular complexity index is 1630. The number of hydrogen-bond donors (Lipinski definition) is 1. The Morgan fingerprint density at radius 1 is 1.16 bits per heavy atom. The molecule has 14 heteroatoms. The lowest BCUT2D eigenvalue weighted by atomic mass is 9.74. The second kappa shape index (κ2) is 9.01. The first-order chi connectivity index (χ1) is 18.0. The van der Waals surface area contributed by atoms with Crippen LogP contribution in [0.15, 0.2) is 36.7 Å². The lowest BCUT2D eigenvalue weighted by molar-refractivity contribution is 0.0395. The smallest absolute Gasteiger partial charge is 0.211 e. The van der Waals surface area contributed by atoms with Gasteiger partial charge in [0.2, 0.25) is 10.0 Å². The number of aromatic amines is 1. The molecule has 0 radical (unpaired) electrons. The summed E-state index contributed by atoms with van der Waals surface area (Å²) in [6.07, 6.45) is 3.62. The van der Waals surface area contributed by atoms with E-state index in [9.17, 15) is 12.8 Å². The van der Waals surface area contributed by atoms with Crippen molar-refractivity contribution in [2.24, 2.45) is 5.41 Å². The molecule has 198 valence electrons. The van der Waals surface area contributed by atoms with Crippen LogP contribution in [0.3, 0.4) is 0 Å². The van der Waals surface area contributed by atoms with Gasteiger partial charge in [0.15, 0.2) is 16.7 Å². The number of hydrogen-bond acceptors (Lipinski definition) is 8. The number of H-pyrrole nitrogens is 1. The van der Waals surface area contributed by atoms with Crippen molar-refractivity contribution in [2.75, 3.05) is 37.3 Å². The molecule has 4 aromatic rings. The molecule has 1 atom stereocenters. The normalized spacial score (nSPS) is 17.9. The maximum absolute atomic E-state index is 14.9. The van der Waals surface area contributed by atoms with E-state index in [-0.39, 0.29) is 21.3 Å². The number of fused-ring (bicyclic) bond motifs is 1. The van der Waals surface area contributed by atoms with Crippen LogP contribution in [0, 0.1) is 11.2 Å². The number of benzene rings is 1. The van der Waals surface area contributed by atoms with Gasteiger partial charge in [-0.15, -0.1) is 5.10 Å². The van der Waals surface area contributed by atoms with Gasteiger partial charge in [-0.05, 0) is 25.1 Å². The molecule has 0 bridgehead atoms. The Balaban J connectivity index is 1.20. The molecule has 6 rings (SSSR count). The molecule has 1 N–H and O–H groups in total. The Morgan fingerprint density at radius 2 is 1.92 bits per heavy atom. The number of sulfonamides is 1. The zero-order valence-electron chi connectivity index (χ0n) is 20.3. The third-order valence-electron chi connectivity index (χ3n) is 7.01. The van der Waals surface area contributed by atoms with E-state index >= 15 is 0 Å². The minimum Gasteiger partial charge on any atom is -0.483 e. The van der Waals surface area contributed by atoms with Crippen molar-refractivity contribution in [3.8, 4) is 17.0 Å². The summed E-state index contributed by atoms with van der Waals surface area (Å²) in [6.45, 7) is 4.32. The van der Waals surface area contributed by atoms with Crippen LogP contribution in [-0.4, -0.2) is 70.5 Å². The molecule has 0 saturated carbocycles. The van der Waals surface area contributed by atoms with E-state index in [1.54, 1.807) is 19.2 Å². The van der Waals surface area contributed by atoms with Crippen molar-refractivity contribution >= 4 is 49.9 Å². The monoisotopic (exact) mass is 577 g/mol. The Morgan fingerprint density at radius 3 is 2.58 bits per heavy atom. The predicted molar refractivity (Wildman–Crippen MR) is 141 cm³/mol. The first-order valence-corrected chi connectivity index (χ1v) is 14.3.